The molecule has 0 bridgehead atoms. The Labute approximate surface area is 162 Å². The van der Waals surface area contributed by atoms with E-state index in [1.165, 1.54) is 5.56 Å². The fraction of sp³-hybridized carbons (Fsp3) is 0.200. The topological polar surface area (TPSA) is 66.3 Å². The van der Waals surface area contributed by atoms with Crippen LogP contribution in [0.2, 0.25) is 0 Å². The van der Waals surface area contributed by atoms with Gasteiger partial charge >= 0.3 is 0 Å². The van der Waals surface area contributed by atoms with Gasteiger partial charge in [-0.3, -0.25) is 9.89 Å². The quantitative estimate of drug-likeness (QED) is 0.526. The Bertz CT molecular complexity index is 1040. The molecular formula is C20H21N5OS. The summed E-state index contributed by atoms with van der Waals surface area (Å²) in [7, 11) is 0. The van der Waals surface area contributed by atoms with Crippen LogP contribution in [0.5, 0.6) is 0 Å². The maximum absolute atomic E-state index is 12.1. The van der Waals surface area contributed by atoms with Crippen LogP contribution in [0.3, 0.4) is 0 Å². The standard InChI is InChI=1S/C20H21N5OS/c1-3-24(14-17-7-5-4-6-8-17)18-11-9-16(10-12-18)13-21-25-19(26)15(2)22-23-20(25)27/h4-13H,3,14H2,1-2H3,(H,23,27). The number of aryl methyl sites for hydroxylation is 1. The number of hydrogen-bond donors (Lipinski definition) is 1. The number of nitrogens with zero attached hydrogens (tertiary/aromatic N) is 4. The summed E-state index contributed by atoms with van der Waals surface area (Å²) >= 11 is 5.07. The van der Waals surface area contributed by atoms with E-state index in [1.807, 2.05) is 18.2 Å². The number of H-pyrrole nitrogens is 1. The molecule has 0 saturated carbocycles. The van der Waals surface area contributed by atoms with Crippen LogP contribution in [0, 0.1) is 11.7 Å². The highest BCUT2D eigenvalue weighted by Crippen LogP contribution is 2.17. The highest BCUT2D eigenvalue weighted by molar-refractivity contribution is 7.71. The Morgan fingerprint density at radius 2 is 1.89 bits per heavy atom. The van der Waals surface area contributed by atoms with Crippen molar-refractivity contribution in [3.05, 3.63) is 86.5 Å². The van der Waals surface area contributed by atoms with Crippen LogP contribution in [-0.4, -0.2) is 27.6 Å². The van der Waals surface area contributed by atoms with Crippen molar-refractivity contribution in [2.24, 2.45) is 5.10 Å². The number of benzene rings is 2. The highest BCUT2D eigenvalue weighted by atomic mass is 32.1. The third kappa shape index (κ3) is 4.57. The molecule has 3 aromatic rings. The maximum atomic E-state index is 12.1. The molecule has 0 fully saturated rings. The molecule has 0 amide bonds. The van der Waals surface area contributed by atoms with Crippen LogP contribution < -0.4 is 10.5 Å². The van der Waals surface area contributed by atoms with Crippen LogP contribution in [0.25, 0.3) is 0 Å². The average Bonchev–Trinajstić information content (AvgIpc) is 2.70. The van der Waals surface area contributed by atoms with E-state index < -0.39 is 0 Å². The van der Waals surface area contributed by atoms with Crippen molar-refractivity contribution in [1.29, 1.82) is 0 Å². The molecule has 0 saturated heterocycles. The van der Waals surface area contributed by atoms with E-state index >= 15 is 0 Å². The molecule has 0 spiro atoms. The molecular weight excluding hydrogens is 358 g/mol. The molecule has 0 aliphatic rings. The third-order valence-electron chi connectivity index (χ3n) is 4.19. The van der Waals surface area contributed by atoms with E-state index in [1.54, 1.807) is 13.1 Å². The van der Waals surface area contributed by atoms with Gasteiger partial charge in [-0.05, 0) is 49.3 Å². The van der Waals surface area contributed by atoms with Gasteiger partial charge < -0.3 is 4.90 Å². The molecule has 0 atom stereocenters. The molecule has 27 heavy (non-hydrogen) atoms. The maximum Gasteiger partial charge on any atom is 0.296 e. The fourth-order valence-corrected chi connectivity index (χ4v) is 2.84. The van der Waals surface area contributed by atoms with Crippen molar-refractivity contribution in [3.63, 3.8) is 0 Å². The molecule has 0 aliphatic heterocycles. The van der Waals surface area contributed by atoms with E-state index in [2.05, 4.69) is 63.5 Å². The van der Waals surface area contributed by atoms with E-state index in [9.17, 15) is 4.79 Å². The number of aromatic amines is 1. The Hall–Kier alpha value is -3.06. The zero-order valence-corrected chi connectivity index (χ0v) is 16.1. The molecule has 1 heterocycles. The lowest BCUT2D eigenvalue weighted by Gasteiger charge is -2.23. The van der Waals surface area contributed by atoms with Crippen molar-refractivity contribution in [3.8, 4) is 0 Å². The summed E-state index contributed by atoms with van der Waals surface area (Å²) in [4.78, 5) is 14.4. The van der Waals surface area contributed by atoms with E-state index in [-0.39, 0.29) is 10.3 Å². The first kappa shape index (κ1) is 18.7. The summed E-state index contributed by atoms with van der Waals surface area (Å²) in [6.07, 6.45) is 1.61. The molecule has 1 N–H and O–H groups in total. The monoisotopic (exact) mass is 379 g/mol. The third-order valence-corrected chi connectivity index (χ3v) is 4.46. The molecule has 0 unspecified atom stereocenters. The minimum atomic E-state index is -0.327. The average molecular weight is 379 g/mol. The fourth-order valence-electron chi connectivity index (χ4n) is 2.66. The first-order valence-corrected chi connectivity index (χ1v) is 9.11. The Balaban J connectivity index is 1.78. The lowest BCUT2D eigenvalue weighted by atomic mass is 10.1. The zero-order chi connectivity index (χ0) is 19.2. The summed E-state index contributed by atoms with van der Waals surface area (Å²) in [6, 6.07) is 18.4. The van der Waals surface area contributed by atoms with Gasteiger partial charge in [0.15, 0.2) is 0 Å². The molecule has 0 aliphatic carbocycles. The molecule has 3 rings (SSSR count). The van der Waals surface area contributed by atoms with Gasteiger partial charge in [0.25, 0.3) is 5.56 Å². The first-order valence-electron chi connectivity index (χ1n) is 8.70. The molecule has 1 aromatic heterocycles. The Kier molecular flexibility index (Phi) is 5.93. The summed E-state index contributed by atoms with van der Waals surface area (Å²) in [5.41, 5.74) is 3.27. The van der Waals surface area contributed by atoms with Crippen LogP contribution in [0.15, 0.2) is 64.5 Å². The molecule has 7 heteroatoms. The largest absolute Gasteiger partial charge is 0.367 e. The van der Waals surface area contributed by atoms with Crippen molar-refractivity contribution in [2.45, 2.75) is 20.4 Å². The Morgan fingerprint density at radius 3 is 2.56 bits per heavy atom. The molecule has 6 nitrogen and oxygen atoms in total. The predicted molar refractivity (Wildman–Crippen MR) is 111 cm³/mol. The van der Waals surface area contributed by atoms with Crippen molar-refractivity contribution >= 4 is 24.1 Å². The van der Waals surface area contributed by atoms with E-state index in [0.29, 0.717) is 5.69 Å². The first-order chi connectivity index (χ1) is 13.1. The highest BCUT2D eigenvalue weighted by Gasteiger charge is 2.05. The molecule has 2 aromatic carbocycles. The normalized spacial score (nSPS) is 11.0. The second kappa shape index (κ2) is 8.55. The van der Waals surface area contributed by atoms with Gasteiger partial charge in [-0.25, -0.2) is 0 Å². The van der Waals surface area contributed by atoms with Crippen LogP contribution in [0.4, 0.5) is 5.69 Å². The van der Waals surface area contributed by atoms with Gasteiger partial charge in [-0.1, -0.05) is 42.5 Å². The predicted octanol–water partition coefficient (Wildman–Crippen LogP) is 3.52. The van der Waals surface area contributed by atoms with Gasteiger partial charge in [-0.2, -0.15) is 14.9 Å². The second-order valence-electron chi connectivity index (χ2n) is 6.07. The van der Waals surface area contributed by atoms with Crippen LogP contribution in [-0.2, 0) is 6.54 Å². The number of rotatable bonds is 6. The smallest absolute Gasteiger partial charge is 0.296 e. The SMILES string of the molecule is CCN(Cc1ccccc1)c1ccc(C=Nn2c(=S)[nH]nc(C)c2=O)cc1. The molecule has 138 valence electrons. The van der Waals surface area contributed by atoms with Gasteiger partial charge in [0.2, 0.25) is 4.77 Å². The van der Waals surface area contributed by atoms with Crippen molar-refractivity contribution < 1.29 is 0 Å². The van der Waals surface area contributed by atoms with Crippen molar-refractivity contribution in [2.75, 3.05) is 11.4 Å². The van der Waals surface area contributed by atoms with Gasteiger partial charge in [-0.15, -0.1) is 0 Å². The number of aromatic nitrogens is 3. The summed E-state index contributed by atoms with van der Waals surface area (Å²) in [6.45, 7) is 5.51. The minimum absolute atomic E-state index is 0.165. The number of nitrogens with one attached hydrogen (secondary N) is 1. The van der Waals surface area contributed by atoms with Crippen molar-refractivity contribution in [1.82, 2.24) is 14.9 Å². The number of anilines is 1. The van der Waals surface area contributed by atoms with Gasteiger partial charge in [0, 0.05) is 18.8 Å². The Morgan fingerprint density at radius 1 is 1.19 bits per heavy atom. The second-order valence-corrected chi connectivity index (χ2v) is 6.45. The van der Waals surface area contributed by atoms with Crippen LogP contribution in [0.1, 0.15) is 23.7 Å². The summed E-state index contributed by atoms with van der Waals surface area (Å²) < 4.78 is 1.30. The lowest BCUT2D eigenvalue weighted by molar-refractivity contribution is 0.720. The number of hydrogen-bond acceptors (Lipinski definition) is 5. The summed E-state index contributed by atoms with van der Waals surface area (Å²) in [5, 5.41) is 10.6. The van der Waals surface area contributed by atoms with Gasteiger partial charge in [0.1, 0.15) is 5.69 Å². The lowest BCUT2D eigenvalue weighted by Crippen LogP contribution is -2.22. The minimum Gasteiger partial charge on any atom is -0.367 e. The van der Waals surface area contributed by atoms with Gasteiger partial charge in [0.05, 0.1) is 6.21 Å². The van der Waals surface area contributed by atoms with E-state index in [4.69, 9.17) is 12.2 Å². The van der Waals surface area contributed by atoms with E-state index in [0.717, 1.165) is 29.0 Å². The molecule has 0 radical (unpaired) electrons. The van der Waals surface area contributed by atoms with Crippen LogP contribution >= 0.6 is 12.2 Å². The zero-order valence-electron chi connectivity index (χ0n) is 15.3. The summed E-state index contributed by atoms with van der Waals surface area (Å²) in [5.74, 6) is 0.